The molecule has 2 rings (SSSR count). The van der Waals surface area contributed by atoms with Crippen LogP contribution in [0.15, 0.2) is 24.3 Å². The number of anilines is 3. The lowest BCUT2D eigenvalue weighted by molar-refractivity contribution is 0.0819. The van der Waals surface area contributed by atoms with Crippen LogP contribution in [-0.2, 0) is 0 Å². The predicted octanol–water partition coefficient (Wildman–Crippen LogP) is 1.88. The van der Waals surface area contributed by atoms with E-state index in [1.54, 1.807) is 19.2 Å². The fourth-order valence-corrected chi connectivity index (χ4v) is 2.41. The number of likely N-dealkylation sites (N-methyl/N-ethyl adjacent to an activating group) is 1. The number of hydrogen-bond acceptors (Lipinski definition) is 8. The molecule has 0 bridgehead atoms. The van der Waals surface area contributed by atoms with Crippen LogP contribution >= 0.6 is 0 Å². The highest BCUT2D eigenvalue weighted by molar-refractivity contribution is 5.60. The lowest BCUT2D eigenvalue weighted by Gasteiger charge is -2.18. The molecule has 2 aromatic rings. The van der Waals surface area contributed by atoms with E-state index in [0.29, 0.717) is 24.0 Å². The number of aryl methyl sites for hydroxylation is 1. The van der Waals surface area contributed by atoms with E-state index in [1.165, 1.54) is 0 Å². The van der Waals surface area contributed by atoms with Crippen LogP contribution in [0.2, 0.25) is 0 Å². The first-order valence-corrected chi connectivity index (χ1v) is 8.35. The van der Waals surface area contributed by atoms with Gasteiger partial charge >= 0.3 is 0 Å². The summed E-state index contributed by atoms with van der Waals surface area (Å²) in [6.07, 6.45) is -0.593. The van der Waals surface area contributed by atoms with Gasteiger partial charge in [0.25, 0.3) is 0 Å². The molecule has 0 saturated heterocycles. The number of nitrogens with one attached hydrogen (secondary N) is 2. The van der Waals surface area contributed by atoms with Crippen molar-refractivity contribution in [3.05, 3.63) is 30.0 Å². The molecular weight excluding hydrogens is 334 g/mol. The van der Waals surface area contributed by atoms with Crippen molar-refractivity contribution in [3.8, 4) is 11.5 Å². The van der Waals surface area contributed by atoms with Gasteiger partial charge in [0.1, 0.15) is 18.5 Å². The Morgan fingerprint density at radius 2 is 1.96 bits per heavy atom. The van der Waals surface area contributed by atoms with Crippen LogP contribution in [0.4, 0.5) is 17.5 Å². The third-order valence-electron chi connectivity index (χ3n) is 3.54. The topological polar surface area (TPSA) is 91.8 Å². The minimum Gasteiger partial charge on any atom is -0.493 e. The Morgan fingerprint density at radius 1 is 1.19 bits per heavy atom. The Balaban J connectivity index is 2.14. The number of nitrogens with zero attached hydrogens (tertiary/aromatic N) is 3. The highest BCUT2D eigenvalue weighted by Gasteiger charge is 2.11. The van der Waals surface area contributed by atoms with Gasteiger partial charge in [-0.1, -0.05) is 0 Å². The molecule has 1 atom stereocenters. The van der Waals surface area contributed by atoms with Crippen LogP contribution in [0.25, 0.3) is 0 Å². The number of aliphatic hydroxyl groups is 1. The molecule has 1 aromatic heterocycles. The molecule has 26 heavy (non-hydrogen) atoms. The lowest BCUT2D eigenvalue weighted by Crippen LogP contribution is -2.30. The number of rotatable bonds is 9. The van der Waals surface area contributed by atoms with Crippen LogP contribution in [0.3, 0.4) is 0 Å². The molecule has 0 fully saturated rings. The molecule has 0 aliphatic carbocycles. The predicted molar refractivity (Wildman–Crippen MR) is 103 cm³/mol. The normalized spacial score (nSPS) is 12.0. The number of aliphatic hydroxyl groups excluding tert-OH is 1. The van der Waals surface area contributed by atoms with Crippen LogP contribution in [0.1, 0.15) is 5.69 Å². The number of hydrogen-bond donors (Lipinski definition) is 3. The van der Waals surface area contributed by atoms with Gasteiger partial charge < -0.3 is 30.1 Å². The molecule has 1 heterocycles. The summed E-state index contributed by atoms with van der Waals surface area (Å²) >= 11 is 0. The highest BCUT2D eigenvalue weighted by Crippen LogP contribution is 2.31. The van der Waals surface area contributed by atoms with E-state index in [1.807, 2.05) is 45.1 Å². The second-order valence-corrected chi connectivity index (χ2v) is 6.19. The maximum Gasteiger partial charge on any atom is 0.229 e. The van der Waals surface area contributed by atoms with Crippen molar-refractivity contribution in [2.24, 2.45) is 0 Å². The van der Waals surface area contributed by atoms with E-state index >= 15 is 0 Å². The van der Waals surface area contributed by atoms with Crippen molar-refractivity contribution in [3.63, 3.8) is 0 Å². The average molecular weight is 361 g/mol. The fourth-order valence-electron chi connectivity index (χ4n) is 2.41. The molecule has 1 aromatic carbocycles. The Hall–Kier alpha value is -2.58. The molecule has 0 spiro atoms. The maximum absolute atomic E-state index is 9.99. The molecule has 0 aliphatic heterocycles. The van der Waals surface area contributed by atoms with Crippen LogP contribution in [0.5, 0.6) is 11.5 Å². The maximum atomic E-state index is 9.99. The first kappa shape index (κ1) is 19.7. The summed E-state index contributed by atoms with van der Waals surface area (Å²) < 4.78 is 11.1. The molecule has 8 heteroatoms. The Kier molecular flexibility index (Phi) is 6.99. The average Bonchev–Trinajstić information content (AvgIpc) is 2.59. The molecule has 0 radical (unpaired) electrons. The molecule has 8 nitrogen and oxygen atoms in total. The Morgan fingerprint density at radius 3 is 2.62 bits per heavy atom. The largest absolute Gasteiger partial charge is 0.493 e. The number of methoxy groups -OCH3 is 1. The van der Waals surface area contributed by atoms with Gasteiger partial charge in [0.15, 0.2) is 11.5 Å². The van der Waals surface area contributed by atoms with E-state index in [9.17, 15) is 5.11 Å². The molecule has 0 unspecified atom stereocenters. The van der Waals surface area contributed by atoms with Crippen LogP contribution in [0, 0.1) is 6.92 Å². The van der Waals surface area contributed by atoms with Gasteiger partial charge in [-0.3, -0.25) is 0 Å². The smallest absolute Gasteiger partial charge is 0.229 e. The van der Waals surface area contributed by atoms with Crippen molar-refractivity contribution >= 4 is 17.5 Å². The second-order valence-electron chi connectivity index (χ2n) is 6.19. The Bertz CT molecular complexity index is 724. The second kappa shape index (κ2) is 9.21. The van der Waals surface area contributed by atoms with E-state index < -0.39 is 6.10 Å². The third kappa shape index (κ3) is 5.75. The Labute approximate surface area is 154 Å². The summed E-state index contributed by atoms with van der Waals surface area (Å²) in [5.41, 5.74) is 1.61. The van der Waals surface area contributed by atoms with Crippen molar-refractivity contribution < 1.29 is 14.6 Å². The summed E-state index contributed by atoms with van der Waals surface area (Å²) in [4.78, 5) is 10.7. The van der Waals surface area contributed by atoms with Gasteiger partial charge in [0, 0.05) is 37.1 Å². The first-order valence-electron chi connectivity index (χ1n) is 8.35. The van der Waals surface area contributed by atoms with Crippen molar-refractivity contribution in [2.45, 2.75) is 13.0 Å². The minimum atomic E-state index is -0.593. The summed E-state index contributed by atoms with van der Waals surface area (Å²) in [7, 11) is 7.18. The SMILES string of the molecule is CNc1cc(C)nc(Nc2ccc(OC)c(OC[C@H](O)CN(C)C)c2)n1. The molecule has 0 aliphatic rings. The number of benzene rings is 1. The van der Waals surface area contributed by atoms with E-state index in [0.717, 1.165) is 17.2 Å². The van der Waals surface area contributed by atoms with E-state index in [-0.39, 0.29) is 6.61 Å². The van der Waals surface area contributed by atoms with Gasteiger partial charge in [-0.15, -0.1) is 0 Å². The first-order chi connectivity index (χ1) is 12.4. The minimum absolute atomic E-state index is 0.169. The summed E-state index contributed by atoms with van der Waals surface area (Å²) in [6, 6.07) is 7.31. The zero-order valence-corrected chi connectivity index (χ0v) is 15.9. The van der Waals surface area contributed by atoms with Gasteiger partial charge in [0.05, 0.1) is 7.11 Å². The summed E-state index contributed by atoms with van der Waals surface area (Å²) in [5, 5.41) is 16.2. The third-order valence-corrected chi connectivity index (χ3v) is 3.54. The van der Waals surface area contributed by atoms with Crippen LogP contribution in [-0.4, -0.2) is 67.5 Å². The zero-order chi connectivity index (χ0) is 19.1. The summed E-state index contributed by atoms with van der Waals surface area (Å²) in [5.74, 6) is 2.35. The van der Waals surface area contributed by atoms with Crippen LogP contribution < -0.4 is 20.1 Å². The lowest BCUT2D eigenvalue weighted by atomic mass is 10.2. The zero-order valence-electron chi connectivity index (χ0n) is 15.9. The van der Waals surface area contributed by atoms with Crippen molar-refractivity contribution in [1.29, 1.82) is 0 Å². The van der Waals surface area contributed by atoms with E-state index in [4.69, 9.17) is 9.47 Å². The van der Waals surface area contributed by atoms with Gasteiger partial charge in [0.2, 0.25) is 5.95 Å². The fraction of sp³-hybridized carbons (Fsp3) is 0.444. The molecular formula is C18H27N5O3. The quantitative estimate of drug-likeness (QED) is 0.624. The summed E-state index contributed by atoms with van der Waals surface area (Å²) in [6.45, 7) is 2.59. The van der Waals surface area contributed by atoms with Gasteiger partial charge in [-0.05, 0) is 33.2 Å². The number of ether oxygens (including phenoxy) is 2. The molecule has 0 saturated carbocycles. The van der Waals surface area contributed by atoms with Crippen molar-refractivity contribution in [2.75, 3.05) is 52.0 Å². The number of aromatic nitrogens is 2. The van der Waals surface area contributed by atoms with Gasteiger partial charge in [-0.2, -0.15) is 4.98 Å². The van der Waals surface area contributed by atoms with E-state index in [2.05, 4.69) is 20.6 Å². The monoisotopic (exact) mass is 361 g/mol. The highest BCUT2D eigenvalue weighted by atomic mass is 16.5. The van der Waals surface area contributed by atoms with Gasteiger partial charge in [-0.25, -0.2) is 4.98 Å². The molecule has 0 amide bonds. The van der Waals surface area contributed by atoms with Crippen molar-refractivity contribution in [1.82, 2.24) is 14.9 Å². The molecule has 3 N–H and O–H groups in total. The standard InChI is InChI=1S/C18H27N5O3/c1-12-8-17(19-2)22-18(20-12)21-13-6-7-15(25-5)16(9-13)26-11-14(24)10-23(3)4/h6-9,14,24H,10-11H2,1-5H3,(H2,19,20,21,22)/t14-/m1/s1. The molecule has 142 valence electrons.